The number of carbonyl (C=O) groups is 1. The van der Waals surface area contributed by atoms with Gasteiger partial charge in [0, 0.05) is 29.3 Å². The smallest absolute Gasteiger partial charge is 0.259 e. The molecule has 0 unspecified atom stereocenters. The molecule has 0 atom stereocenters. The van der Waals surface area contributed by atoms with E-state index in [9.17, 15) is 13.6 Å². The number of amides is 1. The van der Waals surface area contributed by atoms with Gasteiger partial charge in [0.15, 0.2) is 0 Å². The topological polar surface area (TPSA) is 90.0 Å². The zero-order valence-corrected chi connectivity index (χ0v) is 17.2. The van der Waals surface area contributed by atoms with Gasteiger partial charge in [0.1, 0.15) is 0 Å². The van der Waals surface area contributed by atoms with Gasteiger partial charge in [-0.05, 0) is 48.7 Å². The molecule has 0 saturated heterocycles. The molecule has 1 N–H and O–H groups in total. The molecule has 2 fully saturated rings. The minimum absolute atomic E-state index is 0.0359. The molecule has 32 heavy (non-hydrogen) atoms. The second-order valence-corrected chi connectivity index (χ2v) is 8.73. The SMILES string of the molecule is Cc1ccc(-c2nnn([C@H]3C[C@]4(CC4(F)F)C3)n2)cc1NC(=O)c1cnn2ccccc12. The number of hydrogen-bond donors (Lipinski definition) is 1. The molecular formula is C22H19F2N7O. The second kappa shape index (κ2) is 6.41. The lowest BCUT2D eigenvalue weighted by atomic mass is 9.76. The highest BCUT2D eigenvalue weighted by Crippen LogP contribution is 2.73. The summed E-state index contributed by atoms with van der Waals surface area (Å²) in [4.78, 5) is 14.3. The summed E-state index contributed by atoms with van der Waals surface area (Å²) < 4.78 is 28.6. The molecule has 10 heteroatoms. The summed E-state index contributed by atoms with van der Waals surface area (Å²) in [5.41, 5.74) is 2.52. The zero-order chi connectivity index (χ0) is 22.1. The second-order valence-electron chi connectivity index (χ2n) is 8.73. The van der Waals surface area contributed by atoms with Crippen molar-refractivity contribution < 1.29 is 13.6 Å². The quantitative estimate of drug-likeness (QED) is 0.525. The van der Waals surface area contributed by atoms with Crippen LogP contribution >= 0.6 is 0 Å². The number of rotatable bonds is 4. The minimum Gasteiger partial charge on any atom is -0.322 e. The summed E-state index contributed by atoms with van der Waals surface area (Å²) in [6.45, 7) is 1.89. The first-order valence-electron chi connectivity index (χ1n) is 10.4. The predicted octanol–water partition coefficient (Wildman–Crippen LogP) is 3.91. The first kappa shape index (κ1) is 19.0. The Balaban J connectivity index is 1.22. The number of anilines is 1. The number of aryl methyl sites for hydroxylation is 1. The van der Waals surface area contributed by atoms with E-state index in [-0.39, 0.29) is 18.4 Å². The lowest BCUT2D eigenvalue weighted by Gasteiger charge is -2.34. The highest BCUT2D eigenvalue weighted by Gasteiger charge is 2.76. The summed E-state index contributed by atoms with van der Waals surface area (Å²) in [7, 11) is 0. The number of carbonyl (C=O) groups excluding carboxylic acids is 1. The molecular weight excluding hydrogens is 416 g/mol. The van der Waals surface area contributed by atoms with Gasteiger partial charge in [0.05, 0.1) is 23.3 Å². The Hall–Kier alpha value is -3.69. The summed E-state index contributed by atoms with van der Waals surface area (Å²) in [5.74, 6) is -2.42. The van der Waals surface area contributed by atoms with Gasteiger partial charge in [0.25, 0.3) is 11.8 Å². The minimum atomic E-state index is -2.54. The molecule has 6 rings (SSSR count). The normalized spacial score (nSPS) is 23.3. The average molecular weight is 435 g/mol. The molecule has 8 nitrogen and oxygen atoms in total. The van der Waals surface area contributed by atoms with Gasteiger partial charge in [-0.1, -0.05) is 18.2 Å². The van der Waals surface area contributed by atoms with Gasteiger partial charge >= 0.3 is 0 Å². The molecule has 1 spiro atoms. The Bertz CT molecular complexity index is 1370. The maximum Gasteiger partial charge on any atom is 0.259 e. The molecule has 2 aliphatic carbocycles. The summed E-state index contributed by atoms with van der Waals surface area (Å²) in [5, 5.41) is 19.7. The molecule has 2 aliphatic rings. The zero-order valence-electron chi connectivity index (χ0n) is 17.2. The lowest BCUT2D eigenvalue weighted by molar-refractivity contribution is -0.00104. The fourth-order valence-electron chi connectivity index (χ4n) is 4.52. The molecule has 2 saturated carbocycles. The Morgan fingerprint density at radius 1 is 1.22 bits per heavy atom. The number of nitrogens with one attached hydrogen (secondary N) is 1. The number of hydrogen-bond acceptors (Lipinski definition) is 5. The highest BCUT2D eigenvalue weighted by atomic mass is 19.3. The van der Waals surface area contributed by atoms with E-state index in [2.05, 4.69) is 25.8 Å². The van der Waals surface area contributed by atoms with Crippen molar-refractivity contribution in [2.75, 3.05) is 5.32 Å². The standard InChI is InChI=1S/C22H19F2N7O/c1-13-5-6-14(19-27-29-31(28-19)15-9-21(10-15)12-22(21,23)24)8-17(13)26-20(32)16-11-25-30-7-3-2-4-18(16)30/h2-8,11,15H,9-10,12H2,1H3,(H,26,32)/t15-,21+. The number of nitrogens with zero attached hydrogens (tertiary/aromatic N) is 6. The van der Waals surface area contributed by atoms with Gasteiger partial charge in [0.2, 0.25) is 5.82 Å². The molecule has 162 valence electrons. The number of fused-ring (bicyclic) bond motifs is 1. The van der Waals surface area contributed by atoms with E-state index in [1.165, 1.54) is 11.0 Å². The van der Waals surface area contributed by atoms with Gasteiger partial charge in [-0.2, -0.15) is 9.90 Å². The molecule has 4 aromatic rings. The number of tetrazole rings is 1. The Morgan fingerprint density at radius 2 is 2.03 bits per heavy atom. The Labute approximate surface area is 181 Å². The molecule has 3 heterocycles. The molecule has 1 amide bonds. The van der Waals surface area contributed by atoms with Crippen molar-refractivity contribution in [3.63, 3.8) is 0 Å². The number of halogens is 2. The van der Waals surface area contributed by atoms with E-state index in [1.807, 2.05) is 37.3 Å². The molecule has 1 aromatic carbocycles. The van der Waals surface area contributed by atoms with Crippen LogP contribution in [0.2, 0.25) is 0 Å². The van der Waals surface area contributed by atoms with Crippen LogP contribution in [-0.2, 0) is 0 Å². The van der Waals surface area contributed by atoms with Crippen molar-refractivity contribution in [2.24, 2.45) is 5.41 Å². The van der Waals surface area contributed by atoms with Crippen LogP contribution in [0.3, 0.4) is 0 Å². The van der Waals surface area contributed by atoms with Crippen LogP contribution in [0.4, 0.5) is 14.5 Å². The van der Waals surface area contributed by atoms with Crippen LogP contribution in [-0.4, -0.2) is 41.7 Å². The Morgan fingerprint density at radius 3 is 2.81 bits per heavy atom. The van der Waals surface area contributed by atoms with Crippen molar-refractivity contribution in [1.29, 1.82) is 0 Å². The molecule has 0 radical (unpaired) electrons. The number of benzene rings is 1. The van der Waals surface area contributed by atoms with Crippen LogP contribution in [0.15, 0.2) is 48.8 Å². The molecule has 3 aromatic heterocycles. The van der Waals surface area contributed by atoms with Crippen LogP contribution in [0.25, 0.3) is 16.9 Å². The summed E-state index contributed by atoms with van der Waals surface area (Å²) >= 11 is 0. The van der Waals surface area contributed by atoms with Crippen LogP contribution in [0, 0.1) is 12.3 Å². The average Bonchev–Trinajstić information content (AvgIpc) is 3.12. The predicted molar refractivity (Wildman–Crippen MR) is 111 cm³/mol. The van der Waals surface area contributed by atoms with Gasteiger partial charge in [-0.15, -0.1) is 10.2 Å². The monoisotopic (exact) mass is 435 g/mol. The largest absolute Gasteiger partial charge is 0.322 e. The van der Waals surface area contributed by atoms with E-state index in [1.54, 1.807) is 16.8 Å². The first-order valence-corrected chi connectivity index (χ1v) is 10.4. The summed E-state index contributed by atoms with van der Waals surface area (Å²) in [6, 6.07) is 10.9. The van der Waals surface area contributed by atoms with Crippen LogP contribution in [0.1, 0.15) is 41.2 Å². The lowest BCUT2D eigenvalue weighted by Crippen LogP contribution is -2.33. The third-order valence-electron chi connectivity index (χ3n) is 6.63. The van der Waals surface area contributed by atoms with Crippen molar-refractivity contribution >= 4 is 17.1 Å². The van der Waals surface area contributed by atoms with Crippen LogP contribution in [0.5, 0.6) is 0 Å². The van der Waals surface area contributed by atoms with E-state index in [0.717, 1.165) is 5.56 Å². The van der Waals surface area contributed by atoms with Crippen molar-refractivity contribution in [2.45, 2.75) is 38.2 Å². The van der Waals surface area contributed by atoms with Crippen molar-refractivity contribution in [3.8, 4) is 11.4 Å². The third kappa shape index (κ3) is 2.82. The molecule has 0 bridgehead atoms. The first-order chi connectivity index (χ1) is 15.4. The Kier molecular flexibility index (Phi) is 3.81. The number of pyridine rings is 1. The highest BCUT2D eigenvalue weighted by molar-refractivity contribution is 6.09. The maximum absolute atomic E-state index is 13.5. The van der Waals surface area contributed by atoms with Gasteiger partial charge in [-0.25, -0.2) is 13.3 Å². The third-order valence-corrected chi connectivity index (χ3v) is 6.63. The molecule has 0 aliphatic heterocycles. The fourth-order valence-corrected chi connectivity index (χ4v) is 4.52. The number of aromatic nitrogens is 6. The number of alkyl halides is 2. The van der Waals surface area contributed by atoms with Crippen molar-refractivity contribution in [3.05, 3.63) is 59.9 Å². The van der Waals surface area contributed by atoms with Crippen LogP contribution < -0.4 is 5.32 Å². The van der Waals surface area contributed by atoms with E-state index in [0.29, 0.717) is 41.0 Å². The van der Waals surface area contributed by atoms with Gasteiger partial charge < -0.3 is 5.32 Å². The fraction of sp³-hybridized carbons (Fsp3) is 0.318. The van der Waals surface area contributed by atoms with E-state index in [4.69, 9.17) is 0 Å². The summed E-state index contributed by atoms with van der Waals surface area (Å²) in [6.07, 6.45) is 4.04. The van der Waals surface area contributed by atoms with Gasteiger partial charge in [-0.3, -0.25) is 4.79 Å². The van der Waals surface area contributed by atoms with Crippen molar-refractivity contribution in [1.82, 2.24) is 29.8 Å². The maximum atomic E-state index is 13.5. The van der Waals surface area contributed by atoms with E-state index >= 15 is 0 Å². The van der Waals surface area contributed by atoms with E-state index < -0.39 is 11.3 Å².